The van der Waals surface area contributed by atoms with Gasteiger partial charge in [-0.05, 0) is 50.7 Å². The van der Waals surface area contributed by atoms with Crippen LogP contribution in [0.1, 0.15) is 55.6 Å². The first-order chi connectivity index (χ1) is 8.36. The van der Waals surface area contributed by atoms with Crippen LogP contribution in [-0.2, 0) is 6.42 Å². The van der Waals surface area contributed by atoms with E-state index >= 15 is 0 Å². The van der Waals surface area contributed by atoms with Crippen LogP contribution in [0.4, 0.5) is 0 Å². The zero-order valence-corrected chi connectivity index (χ0v) is 11.5. The number of nitrogens with one attached hydrogen (secondary N) is 1. The summed E-state index contributed by atoms with van der Waals surface area (Å²) in [6.45, 7) is 2.19. The lowest BCUT2D eigenvalue weighted by Crippen LogP contribution is -2.20. The maximum absolute atomic E-state index is 4.27. The summed E-state index contributed by atoms with van der Waals surface area (Å²) in [7, 11) is 2.04. The van der Waals surface area contributed by atoms with E-state index in [4.69, 9.17) is 0 Å². The van der Waals surface area contributed by atoms with Crippen molar-refractivity contribution in [2.75, 3.05) is 7.05 Å². The third-order valence-electron chi connectivity index (χ3n) is 3.32. The van der Waals surface area contributed by atoms with Crippen LogP contribution in [0, 0.1) is 0 Å². The van der Waals surface area contributed by atoms with Crippen molar-refractivity contribution >= 4 is 11.5 Å². The second kappa shape index (κ2) is 6.26. The summed E-state index contributed by atoms with van der Waals surface area (Å²) in [6, 6.07) is 0.344. The first-order valence-corrected chi connectivity index (χ1v) is 7.31. The largest absolute Gasteiger partial charge is 0.309 e. The lowest BCUT2D eigenvalue weighted by atomic mass is 9.92. The molecule has 0 amide bonds. The van der Waals surface area contributed by atoms with Gasteiger partial charge in [-0.3, -0.25) is 0 Å². The maximum atomic E-state index is 4.27. The van der Waals surface area contributed by atoms with Crippen molar-refractivity contribution in [3.63, 3.8) is 0 Å². The van der Waals surface area contributed by atoms with Gasteiger partial charge in [0.2, 0.25) is 0 Å². The molecule has 1 aliphatic rings. The second-order valence-corrected chi connectivity index (χ2v) is 5.37. The van der Waals surface area contributed by atoms with Crippen molar-refractivity contribution in [1.82, 2.24) is 14.9 Å². The van der Waals surface area contributed by atoms with E-state index in [1.165, 1.54) is 41.8 Å². The van der Waals surface area contributed by atoms with Crippen LogP contribution in [0.5, 0.6) is 0 Å². The van der Waals surface area contributed by atoms with Gasteiger partial charge in [0, 0.05) is 0 Å². The average molecular weight is 251 g/mol. The molecule has 1 N–H and O–H groups in total. The highest BCUT2D eigenvalue weighted by Gasteiger charge is 2.21. The van der Waals surface area contributed by atoms with Gasteiger partial charge in [-0.25, -0.2) is 0 Å². The fraction of sp³-hybridized carbons (Fsp3) is 0.692. The van der Waals surface area contributed by atoms with Crippen molar-refractivity contribution in [2.24, 2.45) is 0 Å². The molecule has 17 heavy (non-hydrogen) atoms. The molecule has 1 aromatic heterocycles. The van der Waals surface area contributed by atoms with E-state index in [0.29, 0.717) is 6.04 Å². The summed E-state index contributed by atoms with van der Waals surface area (Å²) in [4.78, 5) is 1.32. The lowest BCUT2D eigenvalue weighted by Gasteiger charge is -2.22. The molecular formula is C13H21N3S. The molecule has 1 atom stereocenters. The zero-order valence-electron chi connectivity index (χ0n) is 10.7. The Hall–Kier alpha value is -0.740. The molecule has 4 heteroatoms. The number of likely N-dealkylation sites (N-methyl/N-ethyl adjacent to an activating group) is 1. The Balaban J connectivity index is 2.21. The van der Waals surface area contributed by atoms with Crippen molar-refractivity contribution in [3.05, 3.63) is 22.2 Å². The van der Waals surface area contributed by atoms with Gasteiger partial charge in [-0.1, -0.05) is 29.5 Å². The number of rotatable bonds is 5. The van der Waals surface area contributed by atoms with Gasteiger partial charge < -0.3 is 5.32 Å². The second-order valence-electron chi connectivity index (χ2n) is 4.58. The number of aromatic nitrogens is 2. The molecule has 0 fully saturated rings. The molecule has 0 radical (unpaired) electrons. The molecule has 94 valence electrons. The fourth-order valence-electron chi connectivity index (χ4n) is 2.46. The molecular weight excluding hydrogens is 230 g/mol. The number of allylic oxidation sites excluding steroid dienone is 1. The molecule has 0 saturated heterocycles. The standard InChI is InChI=1S/C13H21N3S/c1-3-7-11-13(17-16-15-11)12(14-2)10-8-5-4-6-9-10/h8,12,14H,3-7,9H2,1-2H3. The summed E-state index contributed by atoms with van der Waals surface area (Å²) >= 11 is 1.55. The third kappa shape index (κ3) is 2.93. The predicted molar refractivity (Wildman–Crippen MR) is 72.3 cm³/mol. The van der Waals surface area contributed by atoms with Crippen molar-refractivity contribution < 1.29 is 0 Å². The van der Waals surface area contributed by atoms with Crippen molar-refractivity contribution in [3.8, 4) is 0 Å². The SMILES string of the molecule is CCCc1nnsc1C(NC)C1=CCCCC1. The van der Waals surface area contributed by atoms with Crippen LogP contribution < -0.4 is 5.32 Å². The molecule has 0 saturated carbocycles. The molecule has 0 spiro atoms. The van der Waals surface area contributed by atoms with E-state index in [-0.39, 0.29) is 0 Å². The maximum Gasteiger partial charge on any atom is 0.0807 e. The third-order valence-corrected chi connectivity index (χ3v) is 4.15. The first-order valence-electron chi connectivity index (χ1n) is 6.54. The Kier molecular flexibility index (Phi) is 4.68. The smallest absolute Gasteiger partial charge is 0.0807 e. The van der Waals surface area contributed by atoms with Gasteiger partial charge in [-0.2, -0.15) is 0 Å². The Morgan fingerprint density at radius 2 is 2.35 bits per heavy atom. The van der Waals surface area contributed by atoms with Crippen LogP contribution >= 0.6 is 11.5 Å². The number of hydrogen-bond acceptors (Lipinski definition) is 4. The molecule has 1 aliphatic carbocycles. The normalized spacial score (nSPS) is 17.9. The number of aryl methyl sites for hydroxylation is 1. The minimum Gasteiger partial charge on any atom is -0.309 e. The highest BCUT2D eigenvalue weighted by atomic mass is 32.1. The highest BCUT2D eigenvalue weighted by molar-refractivity contribution is 7.05. The van der Waals surface area contributed by atoms with Gasteiger partial charge in [0.05, 0.1) is 16.6 Å². The Labute approximate surface area is 107 Å². The summed E-state index contributed by atoms with van der Waals surface area (Å²) in [5, 5.41) is 7.71. The van der Waals surface area contributed by atoms with Gasteiger partial charge in [0.15, 0.2) is 0 Å². The minimum atomic E-state index is 0.344. The quantitative estimate of drug-likeness (QED) is 0.816. The Morgan fingerprint density at radius 3 is 3.00 bits per heavy atom. The van der Waals surface area contributed by atoms with Gasteiger partial charge in [-0.15, -0.1) is 5.10 Å². The van der Waals surface area contributed by atoms with Gasteiger partial charge in [0.25, 0.3) is 0 Å². The van der Waals surface area contributed by atoms with E-state index in [2.05, 4.69) is 27.9 Å². The summed E-state index contributed by atoms with van der Waals surface area (Å²) < 4.78 is 4.13. The van der Waals surface area contributed by atoms with Crippen molar-refractivity contribution in [1.29, 1.82) is 0 Å². The van der Waals surface area contributed by atoms with Gasteiger partial charge in [0.1, 0.15) is 0 Å². The number of nitrogens with zero attached hydrogens (tertiary/aromatic N) is 2. The highest BCUT2D eigenvalue weighted by Crippen LogP contribution is 2.32. The van der Waals surface area contributed by atoms with Crippen LogP contribution in [0.15, 0.2) is 11.6 Å². The molecule has 1 heterocycles. The molecule has 1 unspecified atom stereocenters. The van der Waals surface area contributed by atoms with E-state index in [1.54, 1.807) is 11.5 Å². The van der Waals surface area contributed by atoms with Crippen LogP contribution in [0.3, 0.4) is 0 Å². The first kappa shape index (κ1) is 12.7. The number of hydrogen-bond donors (Lipinski definition) is 1. The summed E-state index contributed by atoms with van der Waals surface area (Å²) in [5.41, 5.74) is 2.71. The van der Waals surface area contributed by atoms with E-state index in [1.807, 2.05) is 7.05 Å². The Morgan fingerprint density at radius 1 is 1.47 bits per heavy atom. The fourth-order valence-corrected chi connectivity index (χ4v) is 3.31. The van der Waals surface area contributed by atoms with Crippen LogP contribution in [0.2, 0.25) is 0 Å². The summed E-state index contributed by atoms with van der Waals surface area (Å²) in [6.07, 6.45) is 9.67. The zero-order chi connectivity index (χ0) is 12.1. The predicted octanol–water partition coefficient (Wildman–Crippen LogP) is 3.25. The lowest BCUT2D eigenvalue weighted by molar-refractivity contribution is 0.594. The molecule has 0 bridgehead atoms. The van der Waals surface area contributed by atoms with E-state index in [9.17, 15) is 0 Å². The summed E-state index contributed by atoms with van der Waals surface area (Å²) in [5.74, 6) is 0. The van der Waals surface area contributed by atoms with Crippen molar-refractivity contribution in [2.45, 2.75) is 51.5 Å². The Bertz CT molecular complexity index is 384. The average Bonchev–Trinajstić information content (AvgIpc) is 2.81. The topological polar surface area (TPSA) is 37.8 Å². The molecule has 2 rings (SSSR count). The molecule has 0 aliphatic heterocycles. The van der Waals surface area contributed by atoms with E-state index < -0.39 is 0 Å². The minimum absolute atomic E-state index is 0.344. The molecule has 1 aromatic rings. The van der Waals surface area contributed by atoms with Gasteiger partial charge >= 0.3 is 0 Å². The van der Waals surface area contributed by atoms with Crippen LogP contribution in [-0.4, -0.2) is 16.6 Å². The van der Waals surface area contributed by atoms with E-state index in [0.717, 1.165) is 12.8 Å². The van der Waals surface area contributed by atoms with Crippen LogP contribution in [0.25, 0.3) is 0 Å². The molecule has 0 aromatic carbocycles. The molecule has 3 nitrogen and oxygen atoms in total. The monoisotopic (exact) mass is 251 g/mol.